The van der Waals surface area contributed by atoms with Crippen molar-refractivity contribution in [3.05, 3.63) is 30.1 Å². The second-order valence-corrected chi connectivity index (χ2v) is 6.90. The number of hydrogen-bond donors (Lipinski definition) is 0. The lowest BCUT2D eigenvalue weighted by molar-refractivity contribution is 0.158. The number of likely N-dealkylation sites (tertiary alicyclic amines) is 1. The predicted molar refractivity (Wildman–Crippen MR) is 102 cm³/mol. The van der Waals surface area contributed by atoms with Gasteiger partial charge in [-0.1, -0.05) is 0 Å². The first kappa shape index (κ1) is 18.7. The van der Waals surface area contributed by atoms with Crippen LogP contribution in [0.1, 0.15) is 12.0 Å². The van der Waals surface area contributed by atoms with Crippen LogP contribution >= 0.6 is 0 Å². The van der Waals surface area contributed by atoms with Crippen molar-refractivity contribution in [2.45, 2.75) is 19.9 Å². The first-order valence-electron chi connectivity index (χ1n) is 9.11. The number of hydrogen-bond acceptors (Lipinski definition) is 5. The molecule has 142 valence electrons. The maximum atomic E-state index is 5.63. The fourth-order valence-electron chi connectivity index (χ4n) is 3.73. The molecule has 1 saturated heterocycles. The van der Waals surface area contributed by atoms with Crippen LogP contribution in [0.3, 0.4) is 0 Å². The third-order valence-corrected chi connectivity index (χ3v) is 5.02. The monoisotopic (exact) mass is 359 g/mol. The van der Waals surface area contributed by atoms with E-state index in [1.165, 1.54) is 6.42 Å². The molecule has 1 aromatic heterocycles. The lowest BCUT2D eigenvalue weighted by Gasteiger charge is -2.18. The molecule has 1 aromatic carbocycles. The highest BCUT2D eigenvalue weighted by Gasteiger charge is 2.24. The van der Waals surface area contributed by atoms with E-state index in [0.29, 0.717) is 5.92 Å². The Balaban J connectivity index is 1.81. The molecule has 3 rings (SSSR count). The fourth-order valence-corrected chi connectivity index (χ4v) is 3.73. The molecule has 1 unspecified atom stereocenters. The Hall–Kier alpha value is -2.05. The van der Waals surface area contributed by atoms with E-state index in [1.807, 2.05) is 12.3 Å². The van der Waals surface area contributed by atoms with Crippen LogP contribution in [0.15, 0.2) is 24.5 Å². The molecule has 0 aliphatic carbocycles. The van der Waals surface area contributed by atoms with E-state index >= 15 is 0 Å². The van der Waals surface area contributed by atoms with E-state index in [-0.39, 0.29) is 0 Å². The average Bonchev–Trinajstić information content (AvgIpc) is 3.28. The molecule has 1 fully saturated rings. The van der Waals surface area contributed by atoms with Gasteiger partial charge >= 0.3 is 0 Å². The van der Waals surface area contributed by atoms with Crippen LogP contribution in [0.4, 0.5) is 0 Å². The molecule has 1 aliphatic rings. The van der Waals surface area contributed by atoms with E-state index in [4.69, 9.17) is 14.2 Å². The van der Waals surface area contributed by atoms with Gasteiger partial charge in [0.25, 0.3) is 0 Å². The Kier molecular flexibility index (Phi) is 6.16. The minimum Gasteiger partial charge on any atom is -0.493 e. The number of nitrogens with zero attached hydrogens (tertiary/aromatic N) is 3. The summed E-state index contributed by atoms with van der Waals surface area (Å²) in [5.41, 5.74) is 2.10. The van der Waals surface area contributed by atoms with Crippen molar-refractivity contribution in [2.24, 2.45) is 5.92 Å². The van der Waals surface area contributed by atoms with E-state index < -0.39 is 0 Å². The molecule has 0 amide bonds. The number of imidazole rings is 1. The molecule has 0 spiro atoms. The summed E-state index contributed by atoms with van der Waals surface area (Å²) in [6, 6.07) is 4.10. The van der Waals surface area contributed by atoms with Crippen LogP contribution in [-0.4, -0.2) is 62.0 Å². The summed E-state index contributed by atoms with van der Waals surface area (Å²) in [6.07, 6.45) is 5.12. The summed E-state index contributed by atoms with van der Waals surface area (Å²) in [5, 5.41) is 0. The topological polar surface area (TPSA) is 48.8 Å². The number of rotatable bonds is 8. The fraction of sp³-hybridized carbons (Fsp3) is 0.550. The molecule has 6 heteroatoms. The molecule has 1 atom stereocenters. The molecule has 1 aliphatic heterocycles. The lowest BCUT2D eigenvalue weighted by atomic mass is 10.1. The smallest absolute Gasteiger partial charge is 0.171 e. The van der Waals surface area contributed by atoms with Crippen molar-refractivity contribution in [1.29, 1.82) is 0 Å². The summed E-state index contributed by atoms with van der Waals surface area (Å²) < 4.78 is 18.6. The Bertz CT molecular complexity index is 729. The minimum absolute atomic E-state index is 0.623. The van der Waals surface area contributed by atoms with E-state index in [2.05, 4.69) is 33.6 Å². The molecular formula is C20H29N3O3. The minimum atomic E-state index is 0.623. The van der Waals surface area contributed by atoms with Gasteiger partial charge in [0.05, 0.1) is 26.4 Å². The first-order valence-corrected chi connectivity index (χ1v) is 9.11. The van der Waals surface area contributed by atoms with Crippen LogP contribution in [0.2, 0.25) is 0 Å². The Morgan fingerprint density at radius 2 is 2.04 bits per heavy atom. The Morgan fingerprint density at radius 1 is 1.19 bits per heavy atom. The third kappa shape index (κ3) is 4.02. The van der Waals surface area contributed by atoms with Crippen LogP contribution in [-0.2, 0) is 11.3 Å². The van der Waals surface area contributed by atoms with Gasteiger partial charge in [-0.15, -0.1) is 0 Å². The van der Waals surface area contributed by atoms with Crippen molar-refractivity contribution < 1.29 is 14.2 Å². The summed E-state index contributed by atoms with van der Waals surface area (Å²) >= 11 is 0. The standard InChI is InChI=1S/C20H29N3O3/c1-15-11-17(19(26-4)18(12-15)25-3)20-21-6-8-23(20)14-16-5-7-22(13-16)9-10-24-2/h6,8,11-12,16H,5,7,9-10,13-14H2,1-4H3. The Morgan fingerprint density at radius 3 is 2.77 bits per heavy atom. The summed E-state index contributed by atoms with van der Waals surface area (Å²) in [4.78, 5) is 7.09. The number of methoxy groups -OCH3 is 3. The van der Waals surface area contributed by atoms with E-state index in [9.17, 15) is 0 Å². The highest BCUT2D eigenvalue weighted by Crippen LogP contribution is 2.38. The summed E-state index contributed by atoms with van der Waals surface area (Å²) in [7, 11) is 5.10. The number of ether oxygens (including phenoxy) is 3. The number of aryl methyl sites for hydroxylation is 1. The maximum Gasteiger partial charge on any atom is 0.171 e. The zero-order valence-corrected chi connectivity index (χ0v) is 16.2. The lowest BCUT2D eigenvalue weighted by Crippen LogP contribution is -2.25. The zero-order chi connectivity index (χ0) is 18.5. The van der Waals surface area contributed by atoms with Gasteiger partial charge in [0.2, 0.25) is 0 Å². The molecule has 0 N–H and O–H groups in total. The van der Waals surface area contributed by atoms with Gasteiger partial charge in [-0.2, -0.15) is 0 Å². The molecule has 2 heterocycles. The van der Waals surface area contributed by atoms with Gasteiger partial charge in [0.15, 0.2) is 11.5 Å². The van der Waals surface area contributed by atoms with Crippen LogP contribution < -0.4 is 9.47 Å². The predicted octanol–water partition coefficient (Wildman–Crippen LogP) is 2.84. The second-order valence-electron chi connectivity index (χ2n) is 6.90. The number of aromatic nitrogens is 2. The SMILES string of the molecule is COCCN1CCC(Cn2ccnc2-c2cc(C)cc(OC)c2OC)C1. The van der Waals surface area contributed by atoms with Gasteiger partial charge in [-0.25, -0.2) is 4.98 Å². The highest BCUT2D eigenvalue weighted by molar-refractivity contribution is 5.70. The van der Waals surface area contributed by atoms with Gasteiger partial charge in [0.1, 0.15) is 5.82 Å². The van der Waals surface area contributed by atoms with Crippen LogP contribution in [0.25, 0.3) is 11.4 Å². The molecule has 6 nitrogen and oxygen atoms in total. The largest absolute Gasteiger partial charge is 0.493 e. The zero-order valence-electron chi connectivity index (χ0n) is 16.2. The first-order chi connectivity index (χ1) is 12.7. The van der Waals surface area contributed by atoms with E-state index in [1.54, 1.807) is 21.3 Å². The molecule has 0 radical (unpaired) electrons. The van der Waals surface area contributed by atoms with E-state index in [0.717, 1.165) is 61.2 Å². The van der Waals surface area contributed by atoms with Crippen molar-refractivity contribution >= 4 is 0 Å². The molecule has 26 heavy (non-hydrogen) atoms. The van der Waals surface area contributed by atoms with Crippen molar-refractivity contribution in [3.63, 3.8) is 0 Å². The normalized spacial score (nSPS) is 17.6. The molecule has 0 bridgehead atoms. The molecule has 2 aromatic rings. The summed E-state index contributed by atoms with van der Waals surface area (Å²) in [6.45, 7) is 7.06. The van der Waals surface area contributed by atoms with Crippen LogP contribution in [0, 0.1) is 12.8 Å². The molecule has 0 saturated carbocycles. The maximum absolute atomic E-state index is 5.63. The summed E-state index contributed by atoms with van der Waals surface area (Å²) in [5.74, 6) is 3.03. The van der Waals surface area contributed by atoms with Gasteiger partial charge < -0.3 is 23.7 Å². The highest BCUT2D eigenvalue weighted by atomic mass is 16.5. The second kappa shape index (κ2) is 8.56. The van der Waals surface area contributed by atoms with Gasteiger partial charge in [-0.3, -0.25) is 0 Å². The molecular weight excluding hydrogens is 330 g/mol. The van der Waals surface area contributed by atoms with Crippen molar-refractivity contribution in [2.75, 3.05) is 47.6 Å². The number of benzene rings is 1. The van der Waals surface area contributed by atoms with Gasteiger partial charge in [-0.05, 0) is 43.5 Å². The van der Waals surface area contributed by atoms with Crippen LogP contribution in [0.5, 0.6) is 11.5 Å². The quantitative estimate of drug-likeness (QED) is 0.725. The van der Waals surface area contributed by atoms with Crippen molar-refractivity contribution in [3.8, 4) is 22.9 Å². The third-order valence-electron chi connectivity index (χ3n) is 5.02. The Labute approximate surface area is 155 Å². The van der Waals surface area contributed by atoms with Crippen molar-refractivity contribution in [1.82, 2.24) is 14.5 Å². The average molecular weight is 359 g/mol. The van der Waals surface area contributed by atoms with Gasteiger partial charge in [0, 0.05) is 39.1 Å².